The van der Waals surface area contributed by atoms with Gasteiger partial charge in [0.25, 0.3) is 31.3 Å². The molecule has 34 nitrogen and oxygen atoms in total. The van der Waals surface area contributed by atoms with Gasteiger partial charge in [-0.15, -0.1) is 0 Å². The second kappa shape index (κ2) is 47.9. The second-order valence-electron chi connectivity index (χ2n) is 14.3. The third-order valence-electron chi connectivity index (χ3n) is 7.65. The minimum absolute atomic E-state index is 0. The number of rotatable bonds is 44. The van der Waals surface area contributed by atoms with Crippen LogP contribution in [0.25, 0.3) is 0 Å². The fraction of sp³-hybridized carbons (Fsp3) is 0.781. The number of aliphatic imine (C=N–C) groups is 1. The molecule has 45 heteroatoms. The van der Waals surface area contributed by atoms with Crippen LogP contribution < -0.4 is 172 Å². The molecule has 0 aliphatic rings. The first-order valence-corrected chi connectivity index (χ1v) is 29.5. The fourth-order valence-electron chi connectivity index (χ4n) is 4.16. The SMILES string of the molecule is O=P([O-])(OCCCCCCN=C([O-])OCc1ccccc1)OCC(O)COP(=O)([O-])OCC(O)COP(=O)(O)OCC(O)COP(=O)(O)OCC(O)COP(=O)([O-])OCC(O)COP(=O)([O-])OC[C@H](O)CO.[Na+].[Na+].[Na+].[Na+].[Na+]. The summed E-state index contributed by atoms with van der Waals surface area (Å²) in [4.78, 5) is 70.6. The van der Waals surface area contributed by atoms with Crippen LogP contribution in [0.4, 0.5) is 0 Å². The maximum absolute atomic E-state index is 12.1. The molecule has 0 amide bonds. The van der Waals surface area contributed by atoms with Gasteiger partial charge in [-0.05, 0) is 18.4 Å². The van der Waals surface area contributed by atoms with Gasteiger partial charge in [-0.1, -0.05) is 43.2 Å². The maximum Gasteiger partial charge on any atom is 1.00 e. The molecule has 0 saturated carbocycles. The van der Waals surface area contributed by atoms with Crippen molar-refractivity contribution in [1.29, 1.82) is 0 Å². The van der Waals surface area contributed by atoms with Gasteiger partial charge in [0.15, 0.2) is 0 Å². The first kappa shape index (κ1) is 89.6. The molecule has 12 atom stereocenters. The zero-order valence-corrected chi connectivity index (χ0v) is 58.1. The number of hydrogen-bond acceptors (Lipinski definition) is 32. The molecule has 9 N–H and O–H groups in total. The predicted molar refractivity (Wildman–Crippen MR) is 227 cm³/mol. The fourth-order valence-corrected chi connectivity index (χ4v) is 8.88. The van der Waals surface area contributed by atoms with Crippen LogP contribution in [0, 0.1) is 0 Å². The van der Waals surface area contributed by atoms with Crippen molar-refractivity contribution < 1.29 is 304 Å². The molecule has 0 spiro atoms. The number of nitrogens with zero attached hydrogens (tertiary/aromatic N) is 1. The summed E-state index contributed by atoms with van der Waals surface area (Å²) in [5.41, 5.74) is 0.806. The Hall–Kier alpha value is 3.87. The van der Waals surface area contributed by atoms with Crippen LogP contribution >= 0.6 is 46.9 Å². The van der Waals surface area contributed by atoms with Gasteiger partial charge in [0.05, 0.1) is 85.9 Å². The number of phosphoric ester groups is 6. The van der Waals surface area contributed by atoms with Gasteiger partial charge in [-0.2, -0.15) is 0 Å². The molecule has 77 heavy (non-hydrogen) atoms. The van der Waals surface area contributed by atoms with E-state index in [1.54, 1.807) is 24.3 Å². The first-order chi connectivity index (χ1) is 33.4. The zero-order valence-electron chi connectivity index (χ0n) is 42.7. The topological polar surface area (TPSA) is 532 Å². The Kier molecular flexibility index (Phi) is 55.7. The Labute approximate surface area is 553 Å². The number of ether oxygens (including phenoxy) is 1. The Morgan fingerprint density at radius 1 is 0.442 bits per heavy atom. The van der Waals surface area contributed by atoms with Gasteiger partial charge >= 0.3 is 163 Å². The molecule has 0 saturated heterocycles. The summed E-state index contributed by atoms with van der Waals surface area (Å²) in [5.74, 6) is 0. The van der Waals surface area contributed by atoms with Crippen molar-refractivity contribution in [3.05, 3.63) is 35.9 Å². The average molecular weight is 1290 g/mol. The molecular weight excluding hydrogens is 1230 g/mol. The van der Waals surface area contributed by atoms with Gasteiger partial charge in [0.2, 0.25) is 0 Å². The Bertz CT molecular complexity index is 2000. The largest absolute Gasteiger partial charge is 1.00 e. The van der Waals surface area contributed by atoms with E-state index in [4.69, 9.17) is 14.9 Å². The maximum atomic E-state index is 12.1. The number of phosphoric acid groups is 6. The zero-order chi connectivity index (χ0) is 54.5. The Morgan fingerprint density at radius 2 is 0.727 bits per heavy atom. The van der Waals surface area contributed by atoms with Crippen LogP contribution in [0.5, 0.6) is 0 Å². The summed E-state index contributed by atoms with van der Waals surface area (Å²) in [7, 11) is -30.9. The quantitative estimate of drug-likeness (QED) is 0.00963. The van der Waals surface area contributed by atoms with Crippen LogP contribution in [0.1, 0.15) is 31.2 Å². The van der Waals surface area contributed by atoms with Crippen LogP contribution in [0.3, 0.4) is 0 Å². The third kappa shape index (κ3) is 51.6. The van der Waals surface area contributed by atoms with E-state index in [9.17, 15) is 87.4 Å². The van der Waals surface area contributed by atoms with E-state index < -0.39 is 169 Å². The predicted octanol–water partition coefficient (Wildman–Crippen LogP) is -19.1. The summed E-state index contributed by atoms with van der Waals surface area (Å²) < 4.78 is 129. The summed E-state index contributed by atoms with van der Waals surface area (Å²) >= 11 is 0. The smallest absolute Gasteiger partial charge is 0.756 e. The number of aliphatic hydroxyl groups excluding tert-OH is 7. The van der Waals surface area contributed by atoms with Gasteiger partial charge in [-0.3, -0.25) is 41.3 Å². The van der Waals surface area contributed by atoms with Crippen molar-refractivity contribution >= 4 is 53.0 Å². The van der Waals surface area contributed by atoms with E-state index >= 15 is 0 Å². The van der Waals surface area contributed by atoms with Crippen LogP contribution in [0.15, 0.2) is 35.3 Å². The molecule has 1 rings (SSSR count). The van der Waals surface area contributed by atoms with E-state index in [0.717, 1.165) is 5.56 Å². The number of unbranched alkanes of at least 4 members (excludes halogenated alkanes) is 3. The summed E-state index contributed by atoms with van der Waals surface area (Å²) in [5, 5.41) is 78.6. The molecular formula is C32H58NNa5O33P6. The molecule has 424 valence electrons. The number of benzene rings is 1. The van der Waals surface area contributed by atoms with E-state index in [-0.39, 0.29) is 174 Å². The summed E-state index contributed by atoms with van der Waals surface area (Å²) in [6, 6.07) is 9.00. The van der Waals surface area contributed by atoms with Crippen LogP contribution in [0.2, 0.25) is 0 Å². The summed E-state index contributed by atoms with van der Waals surface area (Å²) in [6.07, 6.45) is -10.1. The van der Waals surface area contributed by atoms with Crippen molar-refractivity contribution in [1.82, 2.24) is 0 Å². The molecule has 0 bridgehead atoms. The average Bonchev–Trinajstić information content (AvgIpc) is 3.32. The van der Waals surface area contributed by atoms with Crippen molar-refractivity contribution in [3.8, 4) is 0 Å². The van der Waals surface area contributed by atoms with E-state index in [0.29, 0.717) is 19.3 Å². The van der Waals surface area contributed by atoms with Gasteiger partial charge in [-0.25, -0.2) is 9.13 Å². The molecule has 0 radical (unpaired) electrons. The molecule has 0 aliphatic carbocycles. The Balaban J connectivity index is -0.00000346. The van der Waals surface area contributed by atoms with Gasteiger partial charge in [0.1, 0.15) is 42.7 Å². The van der Waals surface area contributed by atoms with Crippen molar-refractivity contribution in [2.45, 2.75) is 68.9 Å². The normalized spacial score (nSPS) is 18.7. The number of aliphatic hydroxyl groups is 7. The minimum Gasteiger partial charge on any atom is -0.756 e. The Morgan fingerprint density at radius 3 is 1.05 bits per heavy atom. The standard InChI is InChI=1S/C32H63NO33P6.5Na/c34-12-26(35)14-56-68(44,45)58-17-28(37)18-60-70(48,49)62-21-30(39)22-64-72(52,53)66-24-31(40)23-65-71(50,51)63-20-29(38)19-61-69(46,47)59-16-27(36)15-57-67(42,43)55-11-7-2-1-6-10-33-32(41)54-13-25-8-4-3-5-9-25;;;;;/h3-5,8-9,26-31,34-40H,1-2,6-7,10-24H2,(H,33,41)(H,42,43)(H,44,45)(H,46,47)(H,48,49)(H,50,51)(H,52,53);;;;;/q;5*+1/p-5/t26-,27?,28?,29?,30?,31?;;;;;/m1...../s1. The van der Waals surface area contributed by atoms with Gasteiger partial charge < -0.3 is 111 Å². The molecule has 0 aromatic heterocycles. The molecule has 0 heterocycles. The number of hydrogen-bond donors (Lipinski definition) is 9. The van der Waals surface area contributed by atoms with E-state index in [2.05, 4.69) is 59.3 Å². The third-order valence-corrected chi connectivity index (χ3v) is 13.3. The molecule has 11 unspecified atom stereocenters. The van der Waals surface area contributed by atoms with E-state index in [1.807, 2.05) is 6.07 Å². The van der Waals surface area contributed by atoms with E-state index in [1.165, 1.54) is 0 Å². The van der Waals surface area contributed by atoms with Crippen LogP contribution in [-0.2, 0) is 93.0 Å². The summed E-state index contributed by atoms with van der Waals surface area (Å²) in [6.45, 7) is -12.9. The molecule has 0 aliphatic heterocycles. The molecule has 0 fully saturated rings. The van der Waals surface area contributed by atoms with Crippen molar-refractivity contribution in [3.63, 3.8) is 0 Å². The van der Waals surface area contributed by atoms with Gasteiger partial charge in [0, 0.05) is 13.2 Å². The second-order valence-corrected chi connectivity index (χ2v) is 22.8. The van der Waals surface area contributed by atoms with Crippen molar-refractivity contribution in [2.75, 3.05) is 92.4 Å². The molecule has 1 aromatic carbocycles. The van der Waals surface area contributed by atoms with Crippen molar-refractivity contribution in [2.24, 2.45) is 4.99 Å². The first-order valence-electron chi connectivity index (χ1n) is 20.6. The van der Waals surface area contributed by atoms with Crippen LogP contribution in [-0.4, -0.2) is 181 Å². The monoisotopic (exact) mass is 1290 g/mol. The minimum atomic E-state index is -5.32. The molecule has 1 aromatic rings.